The van der Waals surface area contributed by atoms with Gasteiger partial charge in [0.2, 0.25) is 0 Å². The molecule has 1 N–H and O–H groups in total. The average Bonchev–Trinajstić information content (AvgIpc) is 3.14. The maximum Gasteiger partial charge on any atom is 0.306 e. The van der Waals surface area contributed by atoms with E-state index in [0.29, 0.717) is 19.3 Å². The van der Waals surface area contributed by atoms with Gasteiger partial charge < -0.3 is 19.3 Å². The van der Waals surface area contributed by atoms with Crippen LogP contribution in [0.3, 0.4) is 0 Å². The van der Waals surface area contributed by atoms with E-state index in [1.807, 2.05) is 0 Å². The van der Waals surface area contributed by atoms with Crippen molar-refractivity contribution in [1.82, 2.24) is 0 Å². The Morgan fingerprint density at radius 2 is 0.717 bits per heavy atom. The van der Waals surface area contributed by atoms with E-state index in [1.165, 1.54) is 96.3 Å². The van der Waals surface area contributed by atoms with Gasteiger partial charge in [-0.3, -0.25) is 19.2 Å². The van der Waals surface area contributed by atoms with Crippen LogP contribution in [-0.4, -0.2) is 48.3 Å². The molecule has 0 aliphatic heterocycles. The van der Waals surface area contributed by atoms with Crippen LogP contribution in [0.1, 0.15) is 219 Å². The number of aliphatic carboxylic acids is 1. The first-order valence-electron chi connectivity index (χ1n) is 21.9. The summed E-state index contributed by atoms with van der Waals surface area (Å²) < 4.78 is 16.3. The minimum atomic E-state index is -0.903. The predicted molar refractivity (Wildman–Crippen MR) is 217 cm³/mol. The summed E-state index contributed by atoms with van der Waals surface area (Å²) in [7, 11) is 0. The molecule has 308 valence electrons. The third kappa shape index (κ3) is 40.4. The van der Waals surface area contributed by atoms with Crippen LogP contribution < -0.4 is 0 Å². The Morgan fingerprint density at radius 1 is 0.415 bits per heavy atom. The van der Waals surface area contributed by atoms with Crippen LogP contribution in [0, 0.1) is 0 Å². The van der Waals surface area contributed by atoms with E-state index < -0.39 is 18.0 Å². The van der Waals surface area contributed by atoms with E-state index in [1.54, 1.807) is 0 Å². The number of carboxylic acid groups (broad SMARTS) is 1. The van der Waals surface area contributed by atoms with Crippen molar-refractivity contribution < 1.29 is 38.5 Å². The van der Waals surface area contributed by atoms with E-state index in [-0.39, 0.29) is 44.4 Å². The topological polar surface area (TPSA) is 116 Å². The molecule has 0 rings (SSSR count). The van der Waals surface area contributed by atoms with E-state index in [2.05, 4.69) is 38.2 Å². The highest BCUT2D eigenvalue weighted by molar-refractivity contribution is 5.71. The Labute approximate surface area is 324 Å². The molecule has 0 heterocycles. The Bertz CT molecular complexity index is 927. The molecule has 0 radical (unpaired) electrons. The monoisotopic (exact) mass is 749 g/mol. The smallest absolute Gasteiger partial charge is 0.306 e. The van der Waals surface area contributed by atoms with Crippen LogP contribution in [0.4, 0.5) is 0 Å². The number of hydrogen-bond acceptors (Lipinski definition) is 7. The maximum atomic E-state index is 12.6. The van der Waals surface area contributed by atoms with Gasteiger partial charge in [-0.2, -0.15) is 0 Å². The summed E-state index contributed by atoms with van der Waals surface area (Å²) in [6.45, 7) is 4.14. The molecule has 53 heavy (non-hydrogen) atoms. The summed E-state index contributed by atoms with van der Waals surface area (Å²) in [4.78, 5) is 47.9. The Kier molecular flexibility index (Phi) is 38.5. The maximum absolute atomic E-state index is 12.6. The minimum Gasteiger partial charge on any atom is -0.481 e. The lowest BCUT2D eigenvalue weighted by Gasteiger charge is -2.18. The second kappa shape index (κ2) is 40.5. The van der Waals surface area contributed by atoms with Gasteiger partial charge in [0, 0.05) is 25.7 Å². The van der Waals surface area contributed by atoms with E-state index in [0.717, 1.165) is 70.6 Å². The van der Waals surface area contributed by atoms with Gasteiger partial charge in [0.15, 0.2) is 6.10 Å². The number of ether oxygens (including phenoxy) is 3. The Morgan fingerprint density at radius 3 is 1.09 bits per heavy atom. The van der Waals surface area contributed by atoms with Crippen molar-refractivity contribution in [3.05, 3.63) is 24.3 Å². The molecule has 0 saturated heterocycles. The van der Waals surface area contributed by atoms with Crippen LogP contribution in [0.5, 0.6) is 0 Å². The number of carboxylic acids is 1. The predicted octanol–water partition coefficient (Wildman–Crippen LogP) is 12.7. The lowest BCUT2D eigenvalue weighted by atomic mass is 10.1. The summed E-state index contributed by atoms with van der Waals surface area (Å²) in [5.74, 6) is -2.13. The number of carbonyl (C=O) groups is 4. The summed E-state index contributed by atoms with van der Waals surface area (Å²) in [5, 5.41) is 8.78. The van der Waals surface area contributed by atoms with Crippen molar-refractivity contribution in [1.29, 1.82) is 0 Å². The van der Waals surface area contributed by atoms with Crippen molar-refractivity contribution in [2.75, 3.05) is 13.2 Å². The van der Waals surface area contributed by atoms with Crippen LogP contribution >= 0.6 is 0 Å². The molecule has 0 saturated carbocycles. The molecule has 0 aliphatic carbocycles. The van der Waals surface area contributed by atoms with Gasteiger partial charge in [-0.1, -0.05) is 141 Å². The number of rotatable bonds is 40. The molecule has 1 unspecified atom stereocenters. The van der Waals surface area contributed by atoms with Crippen LogP contribution in [0.2, 0.25) is 0 Å². The third-order valence-electron chi connectivity index (χ3n) is 9.47. The van der Waals surface area contributed by atoms with E-state index in [4.69, 9.17) is 19.3 Å². The van der Waals surface area contributed by atoms with E-state index >= 15 is 0 Å². The molecule has 0 aromatic heterocycles. The van der Waals surface area contributed by atoms with Crippen LogP contribution in [0.15, 0.2) is 24.3 Å². The highest BCUT2D eigenvalue weighted by atomic mass is 16.6. The van der Waals surface area contributed by atoms with E-state index in [9.17, 15) is 19.2 Å². The molecule has 0 fully saturated rings. The van der Waals surface area contributed by atoms with Crippen molar-refractivity contribution in [3.63, 3.8) is 0 Å². The number of hydrogen-bond donors (Lipinski definition) is 1. The quantitative estimate of drug-likeness (QED) is 0.0285. The molecular formula is C45H80O8. The standard InChI is InChI=1S/C45H80O8/c1-3-5-7-9-11-13-15-17-19-20-22-24-26-28-30-32-38-45(50)53-41(40-52-44(49)37-34-33-35-42(46)47)39-51-43(48)36-31-29-27-25-23-21-18-16-14-12-10-8-6-4-2/h17-19,21,41H,3-16,20,22-40H2,1-2H3,(H,46,47)/b19-17+,21-18+. The fourth-order valence-electron chi connectivity index (χ4n) is 6.10. The fraction of sp³-hybridized carbons (Fsp3) is 0.822. The Hall–Kier alpha value is -2.64. The minimum absolute atomic E-state index is 0.00344. The van der Waals surface area contributed by atoms with Crippen molar-refractivity contribution in [2.45, 2.75) is 225 Å². The van der Waals surface area contributed by atoms with Crippen LogP contribution in [-0.2, 0) is 33.4 Å². The third-order valence-corrected chi connectivity index (χ3v) is 9.47. The molecule has 0 aromatic rings. The number of esters is 3. The first-order valence-corrected chi connectivity index (χ1v) is 21.9. The average molecular weight is 749 g/mol. The van der Waals surface area contributed by atoms with Gasteiger partial charge in [0.05, 0.1) is 0 Å². The van der Waals surface area contributed by atoms with Gasteiger partial charge in [-0.05, 0) is 77.0 Å². The first-order chi connectivity index (χ1) is 25.9. The second-order valence-corrected chi connectivity index (χ2v) is 14.7. The molecule has 0 aliphatic rings. The molecular weight excluding hydrogens is 668 g/mol. The lowest BCUT2D eigenvalue weighted by Crippen LogP contribution is -2.30. The summed E-state index contributed by atoms with van der Waals surface area (Å²) >= 11 is 0. The fourth-order valence-corrected chi connectivity index (χ4v) is 6.10. The summed E-state index contributed by atoms with van der Waals surface area (Å²) in [6.07, 6.45) is 40.5. The number of unbranched alkanes of at least 4 members (excludes halogenated alkanes) is 23. The zero-order valence-electron chi connectivity index (χ0n) is 34.2. The number of allylic oxidation sites excluding steroid dienone is 4. The molecule has 1 atom stereocenters. The van der Waals surface area contributed by atoms with Gasteiger partial charge in [0.25, 0.3) is 0 Å². The lowest BCUT2D eigenvalue weighted by molar-refractivity contribution is -0.167. The molecule has 0 amide bonds. The zero-order valence-corrected chi connectivity index (χ0v) is 34.2. The first kappa shape index (κ1) is 50.4. The largest absolute Gasteiger partial charge is 0.481 e. The molecule has 0 bridgehead atoms. The van der Waals surface area contributed by atoms with Crippen molar-refractivity contribution in [2.24, 2.45) is 0 Å². The van der Waals surface area contributed by atoms with Crippen LogP contribution in [0.25, 0.3) is 0 Å². The summed E-state index contributed by atoms with van der Waals surface area (Å²) in [5.41, 5.74) is 0. The molecule has 0 aromatic carbocycles. The normalized spacial score (nSPS) is 12.0. The zero-order chi connectivity index (χ0) is 38.9. The highest BCUT2D eigenvalue weighted by Crippen LogP contribution is 2.13. The van der Waals surface area contributed by atoms with Crippen molar-refractivity contribution in [3.8, 4) is 0 Å². The highest BCUT2D eigenvalue weighted by Gasteiger charge is 2.19. The molecule has 8 nitrogen and oxygen atoms in total. The SMILES string of the molecule is CCCCCCCC/C=C/CCCCCCCCC(=O)OC(COC(=O)CCCCCC/C=C/CCCCCCCC)COC(=O)CCCCC(=O)O. The second-order valence-electron chi connectivity index (χ2n) is 14.7. The Balaban J connectivity index is 4.25. The van der Waals surface area contributed by atoms with Crippen molar-refractivity contribution >= 4 is 23.9 Å². The van der Waals surface area contributed by atoms with Gasteiger partial charge in [-0.25, -0.2) is 0 Å². The van der Waals surface area contributed by atoms with Gasteiger partial charge in [0.1, 0.15) is 13.2 Å². The number of carbonyl (C=O) groups excluding carboxylic acids is 3. The van der Waals surface area contributed by atoms with Gasteiger partial charge in [-0.15, -0.1) is 0 Å². The summed E-state index contributed by atoms with van der Waals surface area (Å²) in [6, 6.07) is 0. The molecule has 0 spiro atoms. The molecule has 8 heteroatoms. The van der Waals surface area contributed by atoms with Gasteiger partial charge >= 0.3 is 23.9 Å².